The molecule has 0 unspecified atom stereocenters. The molecule has 0 bridgehead atoms. The van der Waals surface area contributed by atoms with Crippen LogP contribution in [-0.4, -0.2) is 13.4 Å². The van der Waals surface area contributed by atoms with Gasteiger partial charge in [0.05, 0.1) is 10.6 Å². The quantitative estimate of drug-likeness (QED) is 0.588. The number of benzene rings is 1. The molecule has 0 aliphatic heterocycles. The average Bonchev–Trinajstić information content (AvgIpc) is 2.43. The van der Waals surface area contributed by atoms with E-state index in [9.17, 15) is 12.8 Å². The zero-order chi connectivity index (χ0) is 14.8. The minimum absolute atomic E-state index is 0.0666. The second-order valence-electron chi connectivity index (χ2n) is 4.06. The van der Waals surface area contributed by atoms with Crippen LogP contribution in [0.4, 0.5) is 15.9 Å². The largest absolute Gasteiger partial charge is 0.308 e. The van der Waals surface area contributed by atoms with Gasteiger partial charge in [0.15, 0.2) is 0 Å². The van der Waals surface area contributed by atoms with Gasteiger partial charge < -0.3 is 5.43 Å². The maximum Gasteiger partial charge on any atom is 0.262 e. The number of rotatable bonds is 4. The van der Waals surface area contributed by atoms with Crippen LogP contribution in [0.2, 0.25) is 0 Å². The highest BCUT2D eigenvalue weighted by molar-refractivity contribution is 7.92. The Bertz CT molecular complexity index is 714. The Labute approximate surface area is 115 Å². The number of nitrogens with one attached hydrogen (secondary N) is 2. The van der Waals surface area contributed by atoms with Crippen molar-refractivity contribution in [2.24, 2.45) is 5.84 Å². The summed E-state index contributed by atoms with van der Waals surface area (Å²) in [5, 5.41) is 0. The molecule has 2 aromatic rings. The zero-order valence-electron chi connectivity index (χ0n) is 10.6. The smallest absolute Gasteiger partial charge is 0.262 e. The number of aryl methyl sites for hydroxylation is 1. The number of sulfonamides is 1. The van der Waals surface area contributed by atoms with Gasteiger partial charge in [0.1, 0.15) is 11.6 Å². The molecule has 2 rings (SSSR count). The number of pyridine rings is 1. The van der Waals surface area contributed by atoms with Crippen LogP contribution in [0.5, 0.6) is 0 Å². The minimum atomic E-state index is -3.92. The molecule has 1 heterocycles. The lowest BCUT2D eigenvalue weighted by molar-refractivity contribution is 0.598. The average molecular weight is 296 g/mol. The number of halogens is 1. The summed E-state index contributed by atoms with van der Waals surface area (Å²) in [5.41, 5.74) is 2.66. The minimum Gasteiger partial charge on any atom is -0.308 e. The molecule has 106 valence electrons. The van der Waals surface area contributed by atoms with Gasteiger partial charge in [-0.25, -0.2) is 23.6 Å². The second-order valence-corrected chi connectivity index (χ2v) is 5.74. The Balaban J connectivity index is 2.41. The highest BCUT2D eigenvalue weighted by atomic mass is 32.2. The van der Waals surface area contributed by atoms with Crippen LogP contribution in [0.3, 0.4) is 0 Å². The first kappa shape index (κ1) is 14.2. The summed E-state index contributed by atoms with van der Waals surface area (Å²) in [4.78, 5) is 3.74. The highest BCUT2D eigenvalue weighted by Crippen LogP contribution is 2.23. The zero-order valence-corrected chi connectivity index (χ0v) is 11.4. The van der Waals surface area contributed by atoms with E-state index in [2.05, 4.69) is 15.1 Å². The van der Waals surface area contributed by atoms with Crippen molar-refractivity contribution < 1.29 is 12.8 Å². The molecule has 0 saturated carbocycles. The van der Waals surface area contributed by atoms with Crippen LogP contribution < -0.4 is 16.0 Å². The van der Waals surface area contributed by atoms with Crippen molar-refractivity contribution in [2.75, 3.05) is 10.1 Å². The van der Waals surface area contributed by atoms with E-state index in [1.165, 1.54) is 30.5 Å². The third-order valence-electron chi connectivity index (χ3n) is 2.65. The normalized spacial score (nSPS) is 11.2. The molecule has 1 aromatic heterocycles. The SMILES string of the molecule is Cc1cccc(F)c1NS(=O)(=O)c1ccnc(NN)c1. The van der Waals surface area contributed by atoms with Crippen molar-refractivity contribution in [1.29, 1.82) is 0 Å². The van der Waals surface area contributed by atoms with Gasteiger partial charge in [0, 0.05) is 12.3 Å². The van der Waals surface area contributed by atoms with Crippen molar-refractivity contribution in [1.82, 2.24) is 4.98 Å². The summed E-state index contributed by atoms with van der Waals surface area (Å²) >= 11 is 0. The van der Waals surface area contributed by atoms with Gasteiger partial charge in [-0.3, -0.25) is 4.72 Å². The van der Waals surface area contributed by atoms with E-state index in [1.54, 1.807) is 13.0 Å². The molecule has 6 nitrogen and oxygen atoms in total. The summed E-state index contributed by atoms with van der Waals surface area (Å²) in [7, 11) is -3.92. The van der Waals surface area contributed by atoms with Gasteiger partial charge in [0.25, 0.3) is 10.0 Å². The molecule has 0 aliphatic carbocycles. The van der Waals surface area contributed by atoms with Crippen molar-refractivity contribution in [3.63, 3.8) is 0 Å². The third-order valence-corrected chi connectivity index (χ3v) is 4.00. The van der Waals surface area contributed by atoms with Gasteiger partial charge in [-0.1, -0.05) is 12.1 Å². The molecular weight excluding hydrogens is 283 g/mol. The number of para-hydroxylation sites is 1. The molecule has 0 spiro atoms. The van der Waals surface area contributed by atoms with Crippen molar-refractivity contribution in [2.45, 2.75) is 11.8 Å². The maximum absolute atomic E-state index is 13.7. The number of hydrogen-bond acceptors (Lipinski definition) is 5. The van der Waals surface area contributed by atoms with Gasteiger partial charge in [0.2, 0.25) is 0 Å². The van der Waals surface area contributed by atoms with Crippen LogP contribution in [0.1, 0.15) is 5.56 Å². The number of nitrogen functional groups attached to an aromatic ring is 1. The molecule has 0 saturated heterocycles. The fourth-order valence-electron chi connectivity index (χ4n) is 1.61. The van der Waals surface area contributed by atoms with Gasteiger partial charge in [-0.15, -0.1) is 0 Å². The molecule has 0 fully saturated rings. The fraction of sp³-hybridized carbons (Fsp3) is 0.0833. The molecule has 0 amide bonds. The van der Waals surface area contributed by atoms with E-state index in [-0.39, 0.29) is 16.4 Å². The number of hydrazine groups is 1. The van der Waals surface area contributed by atoms with Crippen molar-refractivity contribution in [3.05, 3.63) is 47.9 Å². The van der Waals surface area contributed by atoms with Crippen molar-refractivity contribution in [3.8, 4) is 0 Å². The first-order valence-electron chi connectivity index (χ1n) is 5.64. The summed E-state index contributed by atoms with van der Waals surface area (Å²) in [6, 6.07) is 6.84. The van der Waals surface area contributed by atoms with E-state index in [0.717, 1.165) is 0 Å². The number of nitrogens with zero attached hydrogens (tertiary/aromatic N) is 1. The molecule has 1 aromatic carbocycles. The molecule has 0 aliphatic rings. The lowest BCUT2D eigenvalue weighted by Gasteiger charge is -2.11. The van der Waals surface area contributed by atoms with Crippen LogP contribution in [-0.2, 0) is 10.0 Å². The maximum atomic E-state index is 13.7. The Morgan fingerprint density at radius 2 is 2.05 bits per heavy atom. The highest BCUT2D eigenvalue weighted by Gasteiger charge is 2.18. The fourth-order valence-corrected chi connectivity index (χ4v) is 2.76. The molecule has 0 radical (unpaired) electrons. The molecule has 4 N–H and O–H groups in total. The Hall–Kier alpha value is -2.19. The van der Waals surface area contributed by atoms with Crippen LogP contribution in [0.15, 0.2) is 41.4 Å². The first-order valence-corrected chi connectivity index (χ1v) is 7.13. The monoisotopic (exact) mass is 296 g/mol. The van der Waals surface area contributed by atoms with Crippen LogP contribution >= 0.6 is 0 Å². The molecule has 0 atom stereocenters. The topological polar surface area (TPSA) is 97.1 Å². The Kier molecular flexibility index (Phi) is 3.86. The predicted octanol–water partition coefficient (Wildman–Crippen LogP) is 1.62. The number of anilines is 2. The van der Waals surface area contributed by atoms with Gasteiger partial charge in [-0.2, -0.15) is 0 Å². The lowest BCUT2D eigenvalue weighted by atomic mass is 10.2. The standard InChI is InChI=1S/C12H13FN4O2S/c1-8-3-2-4-10(13)12(8)17-20(18,19)9-5-6-15-11(7-9)16-14/h2-7,17H,14H2,1H3,(H,15,16). The Morgan fingerprint density at radius 1 is 1.30 bits per heavy atom. The summed E-state index contributed by atoms with van der Waals surface area (Å²) in [6.45, 7) is 1.61. The number of aromatic nitrogens is 1. The van der Waals surface area contributed by atoms with Gasteiger partial charge in [-0.05, 0) is 24.6 Å². The number of hydrogen-bond donors (Lipinski definition) is 3. The number of nitrogens with two attached hydrogens (primary N) is 1. The van der Waals surface area contributed by atoms with Crippen molar-refractivity contribution >= 4 is 21.5 Å². The van der Waals surface area contributed by atoms with E-state index in [1.807, 2.05) is 0 Å². The first-order chi connectivity index (χ1) is 9.44. The third kappa shape index (κ3) is 2.86. The van der Waals surface area contributed by atoms with E-state index in [4.69, 9.17) is 5.84 Å². The lowest BCUT2D eigenvalue weighted by Crippen LogP contribution is -2.16. The summed E-state index contributed by atoms with van der Waals surface area (Å²) in [5.74, 6) is 4.73. The van der Waals surface area contributed by atoms with E-state index in [0.29, 0.717) is 5.56 Å². The molecule has 8 heteroatoms. The molecule has 20 heavy (non-hydrogen) atoms. The van der Waals surface area contributed by atoms with E-state index >= 15 is 0 Å². The summed E-state index contributed by atoms with van der Waals surface area (Å²) < 4.78 is 40.3. The second kappa shape index (κ2) is 5.43. The summed E-state index contributed by atoms with van der Waals surface area (Å²) in [6.07, 6.45) is 1.29. The van der Waals surface area contributed by atoms with Crippen LogP contribution in [0, 0.1) is 12.7 Å². The van der Waals surface area contributed by atoms with Crippen LogP contribution in [0.25, 0.3) is 0 Å². The van der Waals surface area contributed by atoms with Gasteiger partial charge >= 0.3 is 0 Å². The predicted molar refractivity (Wildman–Crippen MR) is 74.0 cm³/mol. The molecular formula is C12H13FN4O2S. The van der Waals surface area contributed by atoms with E-state index < -0.39 is 15.8 Å². The Morgan fingerprint density at radius 3 is 2.70 bits per heavy atom.